The number of nitrogens with two attached hydrogens (primary N) is 1. The van der Waals surface area contributed by atoms with Crippen LogP contribution in [0.3, 0.4) is 0 Å². The zero-order valence-corrected chi connectivity index (χ0v) is 11.8. The largest absolute Gasteiger partial charge is 0.398 e. The van der Waals surface area contributed by atoms with Gasteiger partial charge in [-0.2, -0.15) is 0 Å². The molecule has 0 spiro atoms. The van der Waals surface area contributed by atoms with Crippen LogP contribution in [-0.4, -0.2) is 4.98 Å². The molecule has 0 fully saturated rings. The summed E-state index contributed by atoms with van der Waals surface area (Å²) in [6.45, 7) is 0. The summed E-state index contributed by atoms with van der Waals surface area (Å²) < 4.78 is 27.6. The molecule has 0 unspecified atom stereocenters. The average molecular weight is 335 g/mol. The van der Waals surface area contributed by atoms with Gasteiger partial charge in [0.05, 0.1) is 10.2 Å². The molecule has 0 amide bonds. The molecule has 0 saturated carbocycles. The second kappa shape index (κ2) is 4.83. The Labute approximate surface area is 122 Å². The van der Waals surface area contributed by atoms with Crippen LogP contribution in [0.1, 0.15) is 0 Å². The van der Waals surface area contributed by atoms with E-state index in [1.807, 2.05) is 30.3 Å². The van der Waals surface area contributed by atoms with Gasteiger partial charge in [-0.1, -0.05) is 30.3 Å². The smallest absolute Gasteiger partial charge is 0.152 e. The minimum atomic E-state index is -0.731. The van der Waals surface area contributed by atoms with Gasteiger partial charge in [-0.25, -0.2) is 13.8 Å². The van der Waals surface area contributed by atoms with Crippen LogP contribution >= 0.6 is 15.9 Å². The number of hydrogen-bond acceptors (Lipinski definition) is 2. The van der Waals surface area contributed by atoms with Gasteiger partial charge in [0.25, 0.3) is 0 Å². The van der Waals surface area contributed by atoms with Crippen LogP contribution in [0.25, 0.3) is 22.2 Å². The van der Waals surface area contributed by atoms with Crippen molar-refractivity contribution in [3.63, 3.8) is 0 Å². The number of rotatable bonds is 1. The molecule has 20 heavy (non-hydrogen) atoms. The molecule has 1 heterocycles. The van der Waals surface area contributed by atoms with Gasteiger partial charge < -0.3 is 5.73 Å². The summed E-state index contributed by atoms with van der Waals surface area (Å²) in [6.07, 6.45) is 0. The van der Waals surface area contributed by atoms with E-state index < -0.39 is 11.6 Å². The van der Waals surface area contributed by atoms with Crippen molar-refractivity contribution >= 4 is 32.5 Å². The van der Waals surface area contributed by atoms with Crippen molar-refractivity contribution < 1.29 is 8.78 Å². The molecular formula is C15H9BrF2N2. The van der Waals surface area contributed by atoms with Crippen LogP contribution in [-0.2, 0) is 0 Å². The fourth-order valence-corrected chi connectivity index (χ4v) is 2.62. The third-order valence-corrected chi connectivity index (χ3v) is 3.80. The third-order valence-electron chi connectivity index (χ3n) is 3.03. The van der Waals surface area contributed by atoms with Gasteiger partial charge in [0, 0.05) is 22.7 Å². The molecule has 2 N–H and O–H groups in total. The number of aromatic nitrogens is 1. The molecule has 0 saturated heterocycles. The highest BCUT2D eigenvalue weighted by Gasteiger charge is 2.15. The molecule has 5 heteroatoms. The van der Waals surface area contributed by atoms with Gasteiger partial charge in [-0.3, -0.25) is 0 Å². The lowest BCUT2D eigenvalue weighted by molar-refractivity contribution is 0.586. The van der Waals surface area contributed by atoms with Crippen molar-refractivity contribution in [2.45, 2.75) is 0 Å². The van der Waals surface area contributed by atoms with Crippen molar-refractivity contribution in [2.24, 2.45) is 0 Å². The Bertz CT molecular complexity index is 804. The van der Waals surface area contributed by atoms with Crippen molar-refractivity contribution in [3.05, 3.63) is 58.6 Å². The summed E-state index contributed by atoms with van der Waals surface area (Å²) in [5.74, 6) is -1.43. The Kier molecular flexibility index (Phi) is 3.14. The second-order valence-electron chi connectivity index (χ2n) is 4.34. The predicted molar refractivity (Wildman–Crippen MR) is 79.2 cm³/mol. The maximum absolute atomic E-state index is 13.9. The van der Waals surface area contributed by atoms with Gasteiger partial charge >= 0.3 is 0 Å². The molecular weight excluding hydrogens is 326 g/mol. The number of pyridine rings is 1. The molecule has 3 rings (SSSR count). The van der Waals surface area contributed by atoms with E-state index in [9.17, 15) is 8.78 Å². The summed E-state index contributed by atoms with van der Waals surface area (Å²) in [7, 11) is 0. The van der Waals surface area contributed by atoms with Crippen LogP contribution < -0.4 is 5.73 Å². The maximum Gasteiger partial charge on any atom is 0.152 e. The predicted octanol–water partition coefficient (Wildman–Crippen LogP) is 4.52. The van der Waals surface area contributed by atoms with Crippen LogP contribution in [0.15, 0.2) is 46.9 Å². The number of nitrogens with zero attached hydrogens (tertiary/aromatic N) is 1. The first-order valence-electron chi connectivity index (χ1n) is 5.87. The standard InChI is InChI=1S/C15H9BrF2N2/c16-14-9(17)6-10(18)15-13(14)11(19)7-12(20-15)8-4-2-1-3-5-8/h1-7H,(H2,19,20). The quantitative estimate of drug-likeness (QED) is 0.664. The van der Waals surface area contributed by atoms with E-state index in [1.165, 1.54) is 0 Å². The Balaban J connectivity index is 2.36. The Morgan fingerprint density at radius 1 is 1.00 bits per heavy atom. The summed E-state index contributed by atoms with van der Waals surface area (Å²) in [6, 6.07) is 11.7. The Hall–Kier alpha value is -2.01. The molecule has 0 aliphatic rings. The zero-order chi connectivity index (χ0) is 14.3. The summed E-state index contributed by atoms with van der Waals surface area (Å²) in [5, 5.41) is 0.252. The monoisotopic (exact) mass is 334 g/mol. The zero-order valence-electron chi connectivity index (χ0n) is 10.2. The van der Waals surface area contributed by atoms with Gasteiger partial charge in [0.2, 0.25) is 0 Å². The van der Waals surface area contributed by atoms with Gasteiger partial charge in [0.1, 0.15) is 11.3 Å². The summed E-state index contributed by atoms with van der Waals surface area (Å²) >= 11 is 3.08. The first kappa shape index (κ1) is 13.0. The van der Waals surface area contributed by atoms with Crippen LogP contribution in [0.2, 0.25) is 0 Å². The molecule has 0 aliphatic heterocycles. The van der Waals surface area contributed by atoms with E-state index in [-0.39, 0.29) is 21.1 Å². The lowest BCUT2D eigenvalue weighted by Crippen LogP contribution is -1.97. The molecule has 2 nitrogen and oxygen atoms in total. The first-order chi connectivity index (χ1) is 9.58. The maximum atomic E-state index is 13.9. The Morgan fingerprint density at radius 3 is 2.40 bits per heavy atom. The molecule has 0 atom stereocenters. The highest BCUT2D eigenvalue weighted by molar-refractivity contribution is 9.10. The van der Waals surface area contributed by atoms with E-state index in [0.717, 1.165) is 11.6 Å². The minimum Gasteiger partial charge on any atom is -0.398 e. The molecule has 2 aromatic carbocycles. The third kappa shape index (κ3) is 2.04. The van der Waals surface area contributed by atoms with Crippen molar-refractivity contribution in [1.82, 2.24) is 4.98 Å². The molecule has 0 bridgehead atoms. The fraction of sp³-hybridized carbons (Fsp3) is 0. The van der Waals surface area contributed by atoms with Crippen molar-refractivity contribution in [3.8, 4) is 11.3 Å². The first-order valence-corrected chi connectivity index (χ1v) is 6.66. The molecule has 100 valence electrons. The van der Waals surface area contributed by atoms with Gasteiger partial charge in [-0.05, 0) is 22.0 Å². The molecule has 0 aliphatic carbocycles. The minimum absolute atomic E-state index is 0.0529. The van der Waals surface area contributed by atoms with E-state index in [4.69, 9.17) is 5.73 Å². The van der Waals surface area contributed by atoms with Crippen LogP contribution in [0, 0.1) is 11.6 Å². The summed E-state index contributed by atoms with van der Waals surface area (Å²) in [5.41, 5.74) is 7.63. The number of anilines is 1. The van der Waals surface area contributed by atoms with E-state index in [0.29, 0.717) is 5.69 Å². The number of nitrogen functional groups attached to an aromatic ring is 1. The van der Waals surface area contributed by atoms with Crippen LogP contribution in [0.4, 0.5) is 14.5 Å². The summed E-state index contributed by atoms with van der Waals surface area (Å²) in [4.78, 5) is 4.26. The van der Waals surface area contributed by atoms with Crippen molar-refractivity contribution in [1.29, 1.82) is 0 Å². The number of benzene rings is 2. The molecule has 1 aromatic heterocycles. The number of halogens is 3. The van der Waals surface area contributed by atoms with E-state index in [2.05, 4.69) is 20.9 Å². The van der Waals surface area contributed by atoms with Gasteiger partial charge in [-0.15, -0.1) is 0 Å². The molecule has 0 radical (unpaired) electrons. The van der Waals surface area contributed by atoms with E-state index >= 15 is 0 Å². The topological polar surface area (TPSA) is 38.9 Å². The highest BCUT2D eigenvalue weighted by Crippen LogP contribution is 2.34. The Morgan fingerprint density at radius 2 is 1.70 bits per heavy atom. The number of hydrogen-bond donors (Lipinski definition) is 1. The normalized spacial score (nSPS) is 10.9. The number of fused-ring (bicyclic) bond motifs is 1. The average Bonchev–Trinajstić information content (AvgIpc) is 2.45. The highest BCUT2D eigenvalue weighted by atomic mass is 79.9. The SMILES string of the molecule is Nc1cc(-c2ccccc2)nc2c(F)cc(F)c(Br)c12. The van der Waals surface area contributed by atoms with Crippen molar-refractivity contribution in [2.75, 3.05) is 5.73 Å². The lowest BCUT2D eigenvalue weighted by Gasteiger charge is -2.09. The van der Waals surface area contributed by atoms with E-state index in [1.54, 1.807) is 6.07 Å². The molecule has 3 aromatic rings. The fourth-order valence-electron chi connectivity index (χ4n) is 2.09. The van der Waals surface area contributed by atoms with Crippen LogP contribution in [0.5, 0.6) is 0 Å². The van der Waals surface area contributed by atoms with Gasteiger partial charge in [0.15, 0.2) is 5.82 Å². The second-order valence-corrected chi connectivity index (χ2v) is 5.13. The lowest BCUT2D eigenvalue weighted by atomic mass is 10.1.